The monoisotopic (exact) mass is 247 g/mol. The Morgan fingerprint density at radius 1 is 1.50 bits per heavy atom. The number of nitro groups is 1. The first-order chi connectivity index (χ1) is 8.56. The van der Waals surface area contributed by atoms with Crippen LogP contribution in [0.3, 0.4) is 0 Å². The van der Waals surface area contributed by atoms with Crippen LogP contribution >= 0.6 is 0 Å². The average Bonchev–Trinajstić information content (AvgIpc) is 2.69. The van der Waals surface area contributed by atoms with Gasteiger partial charge in [-0.3, -0.25) is 10.1 Å². The molecule has 0 saturated heterocycles. The van der Waals surface area contributed by atoms with Gasteiger partial charge in [-0.2, -0.15) is 0 Å². The van der Waals surface area contributed by atoms with Gasteiger partial charge in [-0.1, -0.05) is 24.3 Å². The topological polar surface area (TPSA) is 99.9 Å². The van der Waals surface area contributed by atoms with Crippen molar-refractivity contribution >= 4 is 11.5 Å². The summed E-state index contributed by atoms with van der Waals surface area (Å²) in [5.41, 5.74) is 7.54. The van der Waals surface area contributed by atoms with Gasteiger partial charge < -0.3 is 5.73 Å². The minimum Gasteiger partial charge on any atom is -0.381 e. The summed E-state index contributed by atoms with van der Waals surface area (Å²) >= 11 is 0. The van der Waals surface area contributed by atoms with E-state index in [0.29, 0.717) is 23.6 Å². The highest BCUT2D eigenvalue weighted by Crippen LogP contribution is 2.27. The zero-order valence-electron chi connectivity index (χ0n) is 10.1. The van der Waals surface area contributed by atoms with Crippen molar-refractivity contribution < 1.29 is 4.92 Å². The lowest BCUT2D eigenvalue weighted by atomic mass is 10.1. The summed E-state index contributed by atoms with van der Waals surface area (Å²) in [6, 6.07) is 4.88. The predicted molar refractivity (Wildman–Crippen MR) is 66.5 cm³/mol. The molecular weight excluding hydrogens is 234 g/mol. The Morgan fingerprint density at radius 3 is 2.83 bits per heavy atom. The van der Waals surface area contributed by atoms with Gasteiger partial charge in [-0.25, -0.2) is 4.68 Å². The first-order valence-corrected chi connectivity index (χ1v) is 5.50. The van der Waals surface area contributed by atoms with Crippen molar-refractivity contribution in [3.8, 4) is 5.69 Å². The Kier molecular flexibility index (Phi) is 2.97. The van der Waals surface area contributed by atoms with E-state index in [2.05, 4.69) is 10.3 Å². The molecule has 2 aromatic rings. The third kappa shape index (κ3) is 1.79. The van der Waals surface area contributed by atoms with E-state index >= 15 is 0 Å². The molecule has 18 heavy (non-hydrogen) atoms. The van der Waals surface area contributed by atoms with Crippen LogP contribution in [0.1, 0.15) is 18.2 Å². The van der Waals surface area contributed by atoms with Crippen LogP contribution < -0.4 is 5.73 Å². The molecule has 0 aliphatic rings. The predicted octanol–water partition coefficient (Wildman–Crippen LogP) is 1.63. The Labute approximate surface area is 103 Å². The SMILES string of the molecule is CCc1c(N)nnn1-c1c(C)cccc1[N+](=O)[O-]. The smallest absolute Gasteiger partial charge is 0.295 e. The first-order valence-electron chi connectivity index (χ1n) is 5.50. The summed E-state index contributed by atoms with van der Waals surface area (Å²) in [7, 11) is 0. The van der Waals surface area contributed by atoms with Crippen molar-refractivity contribution in [2.45, 2.75) is 20.3 Å². The number of anilines is 1. The number of nitrogen functional groups attached to an aromatic ring is 1. The van der Waals surface area contributed by atoms with Gasteiger partial charge in [-0.05, 0) is 18.9 Å². The molecule has 7 heteroatoms. The van der Waals surface area contributed by atoms with Gasteiger partial charge in [0.05, 0.1) is 10.6 Å². The number of hydrogen-bond donors (Lipinski definition) is 1. The maximum atomic E-state index is 11.1. The number of para-hydroxylation sites is 1. The van der Waals surface area contributed by atoms with Crippen LogP contribution in [-0.2, 0) is 6.42 Å². The van der Waals surface area contributed by atoms with Crippen LogP contribution in [0.15, 0.2) is 18.2 Å². The summed E-state index contributed by atoms with van der Waals surface area (Å²) in [6.45, 7) is 3.69. The quantitative estimate of drug-likeness (QED) is 0.656. The van der Waals surface area contributed by atoms with Gasteiger partial charge in [0, 0.05) is 6.07 Å². The fraction of sp³-hybridized carbons (Fsp3) is 0.273. The number of hydrogen-bond acceptors (Lipinski definition) is 5. The molecule has 0 atom stereocenters. The average molecular weight is 247 g/mol. The van der Waals surface area contributed by atoms with Gasteiger partial charge in [0.25, 0.3) is 5.69 Å². The van der Waals surface area contributed by atoms with Crippen LogP contribution in [0.2, 0.25) is 0 Å². The lowest BCUT2D eigenvalue weighted by molar-refractivity contribution is -0.384. The Balaban J connectivity index is 2.74. The number of aryl methyl sites for hydroxylation is 1. The Bertz CT molecular complexity index is 605. The van der Waals surface area contributed by atoms with E-state index in [9.17, 15) is 10.1 Å². The second-order valence-corrected chi connectivity index (χ2v) is 3.89. The molecule has 0 bridgehead atoms. The van der Waals surface area contributed by atoms with Crippen LogP contribution in [0.5, 0.6) is 0 Å². The molecule has 2 N–H and O–H groups in total. The normalized spacial score (nSPS) is 10.6. The summed E-state index contributed by atoms with van der Waals surface area (Å²) in [5.74, 6) is 0.301. The molecule has 0 fully saturated rings. The van der Waals surface area contributed by atoms with E-state index in [1.54, 1.807) is 19.1 Å². The van der Waals surface area contributed by atoms with Crippen LogP contribution in [0, 0.1) is 17.0 Å². The fourth-order valence-electron chi connectivity index (χ4n) is 1.89. The van der Waals surface area contributed by atoms with Crippen LogP contribution in [-0.4, -0.2) is 19.9 Å². The molecule has 94 valence electrons. The highest BCUT2D eigenvalue weighted by atomic mass is 16.6. The number of benzene rings is 1. The van der Waals surface area contributed by atoms with Gasteiger partial charge in [-0.15, -0.1) is 5.10 Å². The molecule has 1 aromatic heterocycles. The molecule has 1 aromatic carbocycles. The van der Waals surface area contributed by atoms with Crippen molar-refractivity contribution in [2.75, 3.05) is 5.73 Å². The van der Waals surface area contributed by atoms with E-state index in [1.807, 2.05) is 6.92 Å². The molecule has 2 rings (SSSR count). The minimum absolute atomic E-state index is 0.00500. The summed E-state index contributed by atoms with van der Waals surface area (Å²) < 4.78 is 1.45. The standard InChI is InChI=1S/C11H13N5O2/c1-3-8-11(12)13-14-15(8)10-7(2)5-4-6-9(10)16(17)18/h4-6H,3,12H2,1-2H3. The third-order valence-corrected chi connectivity index (χ3v) is 2.75. The number of nitrogens with two attached hydrogens (primary N) is 1. The maximum absolute atomic E-state index is 11.1. The second kappa shape index (κ2) is 4.44. The molecule has 0 amide bonds. The molecule has 1 heterocycles. The summed E-state index contributed by atoms with van der Waals surface area (Å²) in [4.78, 5) is 10.6. The number of nitro benzene ring substituents is 1. The van der Waals surface area contributed by atoms with E-state index in [-0.39, 0.29) is 5.69 Å². The van der Waals surface area contributed by atoms with Gasteiger partial charge in [0.2, 0.25) is 0 Å². The number of aromatic nitrogens is 3. The van der Waals surface area contributed by atoms with Gasteiger partial charge in [0.1, 0.15) is 5.69 Å². The number of rotatable bonds is 3. The van der Waals surface area contributed by atoms with Crippen molar-refractivity contribution in [1.82, 2.24) is 15.0 Å². The Hall–Kier alpha value is -2.44. The highest BCUT2D eigenvalue weighted by Gasteiger charge is 2.21. The molecule has 0 unspecified atom stereocenters. The molecule has 0 spiro atoms. The summed E-state index contributed by atoms with van der Waals surface area (Å²) in [6.07, 6.45) is 0.602. The van der Waals surface area contributed by atoms with Crippen molar-refractivity contribution in [3.05, 3.63) is 39.6 Å². The lowest BCUT2D eigenvalue weighted by Gasteiger charge is -2.08. The van der Waals surface area contributed by atoms with E-state index in [1.165, 1.54) is 10.7 Å². The Morgan fingerprint density at radius 2 is 2.22 bits per heavy atom. The van der Waals surface area contributed by atoms with Gasteiger partial charge in [0.15, 0.2) is 5.82 Å². The number of nitrogens with zero attached hydrogens (tertiary/aromatic N) is 4. The molecule has 0 radical (unpaired) electrons. The van der Waals surface area contributed by atoms with Gasteiger partial charge >= 0.3 is 0 Å². The minimum atomic E-state index is -0.431. The molecule has 0 saturated carbocycles. The highest BCUT2D eigenvalue weighted by molar-refractivity contribution is 5.58. The van der Waals surface area contributed by atoms with Crippen molar-refractivity contribution in [2.24, 2.45) is 0 Å². The maximum Gasteiger partial charge on any atom is 0.295 e. The van der Waals surface area contributed by atoms with E-state index in [4.69, 9.17) is 5.73 Å². The lowest BCUT2D eigenvalue weighted by Crippen LogP contribution is -2.07. The molecule has 0 aliphatic carbocycles. The molecule has 0 aliphatic heterocycles. The van der Waals surface area contributed by atoms with E-state index in [0.717, 1.165) is 5.56 Å². The fourth-order valence-corrected chi connectivity index (χ4v) is 1.89. The molecular formula is C11H13N5O2. The third-order valence-electron chi connectivity index (χ3n) is 2.75. The summed E-state index contributed by atoms with van der Waals surface area (Å²) in [5, 5.41) is 18.7. The molecule has 7 nitrogen and oxygen atoms in total. The first kappa shape index (κ1) is 12.0. The zero-order valence-corrected chi connectivity index (χ0v) is 10.1. The largest absolute Gasteiger partial charge is 0.381 e. The van der Waals surface area contributed by atoms with Crippen molar-refractivity contribution in [1.29, 1.82) is 0 Å². The second-order valence-electron chi connectivity index (χ2n) is 3.89. The van der Waals surface area contributed by atoms with E-state index < -0.39 is 4.92 Å². The van der Waals surface area contributed by atoms with Crippen LogP contribution in [0.4, 0.5) is 11.5 Å². The van der Waals surface area contributed by atoms with Crippen molar-refractivity contribution in [3.63, 3.8) is 0 Å². The zero-order chi connectivity index (χ0) is 13.3. The van der Waals surface area contributed by atoms with Crippen LogP contribution in [0.25, 0.3) is 5.69 Å².